The number of rotatable bonds is 11. The van der Waals surface area contributed by atoms with Gasteiger partial charge in [-0.05, 0) is 48.6 Å². The Morgan fingerprint density at radius 2 is 2.03 bits per heavy atom. The summed E-state index contributed by atoms with van der Waals surface area (Å²) in [6, 6.07) is 4.02. The molecule has 1 aliphatic rings. The highest BCUT2D eigenvalue weighted by atomic mass is 16.5. The second-order valence-corrected chi connectivity index (χ2v) is 7.86. The van der Waals surface area contributed by atoms with E-state index >= 15 is 0 Å². The first kappa shape index (κ1) is 27.2. The summed E-state index contributed by atoms with van der Waals surface area (Å²) >= 11 is 0. The maximum absolute atomic E-state index is 12.9. The zero-order chi connectivity index (χ0) is 24.6. The highest BCUT2D eigenvalue weighted by Gasteiger charge is 2.26. The van der Waals surface area contributed by atoms with E-state index in [1.807, 2.05) is 44.2 Å². The molecule has 0 saturated heterocycles. The number of carbonyl (C=O) groups excluding carboxylic acids is 1. The van der Waals surface area contributed by atoms with Crippen molar-refractivity contribution in [3.05, 3.63) is 59.5 Å². The molecule has 0 saturated carbocycles. The van der Waals surface area contributed by atoms with Gasteiger partial charge >= 0.3 is 0 Å². The van der Waals surface area contributed by atoms with Crippen LogP contribution in [0, 0.1) is 11.8 Å². The van der Waals surface area contributed by atoms with Crippen LogP contribution in [0.15, 0.2) is 49.0 Å². The highest BCUT2D eigenvalue weighted by molar-refractivity contribution is 5.88. The first-order valence-electron chi connectivity index (χ1n) is 12.4. The molecule has 1 N–H and O–H groups in total. The van der Waals surface area contributed by atoms with Crippen molar-refractivity contribution in [2.75, 3.05) is 19.8 Å². The first-order valence-corrected chi connectivity index (χ1v) is 12.4. The van der Waals surface area contributed by atoms with Gasteiger partial charge in [-0.1, -0.05) is 58.4 Å². The minimum atomic E-state index is -0.290. The lowest BCUT2D eigenvalue weighted by Gasteiger charge is -2.22. The largest absolute Gasteiger partial charge is 0.377 e. The van der Waals surface area contributed by atoms with Crippen LogP contribution in [0.3, 0.4) is 0 Å². The number of carbonyl (C=O) groups is 1. The van der Waals surface area contributed by atoms with Crippen LogP contribution in [-0.4, -0.2) is 45.6 Å². The molecule has 2 atom stereocenters. The number of amides is 1. The highest BCUT2D eigenvalue weighted by Crippen LogP contribution is 2.23. The summed E-state index contributed by atoms with van der Waals surface area (Å²) < 4.78 is 5.94. The van der Waals surface area contributed by atoms with Gasteiger partial charge in [0.05, 0.1) is 42.6 Å². The molecule has 2 aromatic heterocycles. The molecule has 184 valence electrons. The number of nitrogens with zero attached hydrogens (tertiary/aromatic N) is 4. The normalized spacial score (nSPS) is 17.1. The van der Waals surface area contributed by atoms with E-state index in [9.17, 15) is 4.79 Å². The topological polar surface area (TPSA) is 81.9 Å². The van der Waals surface area contributed by atoms with Gasteiger partial charge < -0.3 is 10.1 Å². The van der Waals surface area contributed by atoms with E-state index < -0.39 is 0 Å². The molecule has 1 aliphatic carbocycles. The third-order valence-electron chi connectivity index (χ3n) is 5.40. The molecular weight excluding hydrogens is 426 g/mol. The molecule has 0 aromatic carbocycles. The van der Waals surface area contributed by atoms with Gasteiger partial charge in [0.25, 0.3) is 0 Å². The van der Waals surface area contributed by atoms with Crippen LogP contribution in [0.25, 0.3) is 17.8 Å². The number of hydrogen-bond donors (Lipinski definition) is 1. The predicted octanol–water partition coefficient (Wildman–Crippen LogP) is 3.34. The Morgan fingerprint density at radius 1 is 1.24 bits per heavy atom. The number of nitrogens with one attached hydrogen (secondary N) is 1. The number of allylic oxidation sites excluding steroid dienone is 3. The maximum Gasteiger partial charge on any atom is 0.229 e. The lowest BCUT2D eigenvalue weighted by Crippen LogP contribution is -2.37. The van der Waals surface area contributed by atoms with Gasteiger partial charge in [0.1, 0.15) is 0 Å². The van der Waals surface area contributed by atoms with Crippen molar-refractivity contribution < 1.29 is 9.53 Å². The van der Waals surface area contributed by atoms with E-state index in [0.717, 1.165) is 35.5 Å². The van der Waals surface area contributed by atoms with Gasteiger partial charge in [0.15, 0.2) is 0 Å². The summed E-state index contributed by atoms with van der Waals surface area (Å²) in [6.07, 6.45) is 18.7. The van der Waals surface area contributed by atoms with Crippen molar-refractivity contribution in [3.63, 3.8) is 0 Å². The van der Waals surface area contributed by atoms with Crippen LogP contribution in [0.4, 0.5) is 0 Å². The Kier molecular flexibility index (Phi) is 12.6. The van der Waals surface area contributed by atoms with Gasteiger partial charge in [-0.25, -0.2) is 0 Å². The lowest BCUT2D eigenvalue weighted by molar-refractivity contribution is -0.123. The molecule has 2 heterocycles. The second-order valence-electron chi connectivity index (χ2n) is 7.86. The standard InChI is InChI=1S/C25H33N5O2.C2H6/c1-3-8-20(19-32-17-13-23-21(9-4-2)10-7-14-26-23)18-27-25(31)22-11-5-6-12-24(22)30-28-15-16-29-30;1-2/h5-7,9-10,12-16,20,22H,3-4,8,11,17-19H2,1-2H3,(H,27,31);1-2H3/b21-9-,23-13+;. The van der Waals surface area contributed by atoms with E-state index in [2.05, 4.69) is 46.5 Å². The Labute approximate surface area is 203 Å². The van der Waals surface area contributed by atoms with E-state index in [1.54, 1.807) is 18.6 Å². The zero-order valence-electron chi connectivity index (χ0n) is 21.0. The van der Waals surface area contributed by atoms with Gasteiger partial charge in [-0.15, -0.1) is 0 Å². The van der Waals surface area contributed by atoms with Crippen molar-refractivity contribution in [2.45, 2.75) is 53.4 Å². The fourth-order valence-electron chi connectivity index (χ4n) is 3.80. The molecule has 0 spiro atoms. The SMILES string of the molecule is CC.CC/C=c1/cccn/c1=C/COCC(CCC)CNC(=O)C1CC=CC=C1n1nccn1. The molecule has 7 nitrogen and oxygen atoms in total. The molecule has 0 bridgehead atoms. The maximum atomic E-state index is 12.9. The quantitative estimate of drug-likeness (QED) is 0.515. The summed E-state index contributed by atoms with van der Waals surface area (Å²) in [5, 5.41) is 13.6. The van der Waals surface area contributed by atoms with Crippen LogP contribution in [0.1, 0.15) is 53.4 Å². The Bertz CT molecular complexity index is 1030. The van der Waals surface area contributed by atoms with Gasteiger partial charge in [-0.3, -0.25) is 9.78 Å². The average molecular weight is 466 g/mol. The number of pyridine rings is 1. The smallest absolute Gasteiger partial charge is 0.229 e. The Balaban J connectivity index is 0.00000199. The summed E-state index contributed by atoms with van der Waals surface area (Å²) in [7, 11) is 0. The summed E-state index contributed by atoms with van der Waals surface area (Å²) in [4.78, 5) is 18.9. The van der Waals surface area contributed by atoms with Crippen LogP contribution >= 0.6 is 0 Å². The van der Waals surface area contributed by atoms with E-state index in [0.29, 0.717) is 26.2 Å². The monoisotopic (exact) mass is 465 g/mol. The Morgan fingerprint density at radius 3 is 2.76 bits per heavy atom. The molecule has 34 heavy (non-hydrogen) atoms. The van der Waals surface area contributed by atoms with Gasteiger partial charge in [0.2, 0.25) is 5.91 Å². The molecule has 3 rings (SSSR count). The van der Waals surface area contributed by atoms with E-state index in [-0.39, 0.29) is 17.7 Å². The molecule has 7 heteroatoms. The third kappa shape index (κ3) is 8.37. The number of ether oxygens (including phenoxy) is 1. The van der Waals surface area contributed by atoms with Crippen molar-refractivity contribution in [2.24, 2.45) is 11.8 Å². The van der Waals surface area contributed by atoms with Gasteiger partial charge in [-0.2, -0.15) is 15.0 Å². The van der Waals surface area contributed by atoms with E-state index in [4.69, 9.17) is 4.74 Å². The Hall–Kier alpha value is -3.06. The summed E-state index contributed by atoms with van der Waals surface area (Å²) in [5.41, 5.74) is 0.794. The molecular formula is C27H39N5O2. The second kappa shape index (κ2) is 15.7. The molecule has 1 amide bonds. The summed E-state index contributed by atoms with van der Waals surface area (Å²) in [5.74, 6) is -0.0303. The van der Waals surface area contributed by atoms with Crippen LogP contribution in [-0.2, 0) is 9.53 Å². The van der Waals surface area contributed by atoms with E-state index in [1.165, 1.54) is 4.80 Å². The number of aromatic nitrogens is 4. The fraction of sp³-hybridized carbons (Fsp3) is 0.481. The average Bonchev–Trinajstić information content (AvgIpc) is 3.42. The fourth-order valence-corrected chi connectivity index (χ4v) is 3.80. The molecule has 2 aromatic rings. The summed E-state index contributed by atoms with van der Waals surface area (Å²) in [6.45, 7) is 9.95. The third-order valence-corrected chi connectivity index (χ3v) is 5.40. The molecule has 0 radical (unpaired) electrons. The molecule has 0 aliphatic heterocycles. The van der Waals surface area contributed by atoms with Crippen LogP contribution in [0.5, 0.6) is 0 Å². The van der Waals surface area contributed by atoms with Crippen LogP contribution < -0.4 is 15.9 Å². The van der Waals surface area contributed by atoms with Crippen molar-refractivity contribution in [3.8, 4) is 0 Å². The van der Waals surface area contributed by atoms with Crippen molar-refractivity contribution in [1.82, 2.24) is 25.3 Å². The minimum absolute atomic E-state index is 0.00112. The van der Waals surface area contributed by atoms with Crippen LogP contribution in [0.2, 0.25) is 0 Å². The van der Waals surface area contributed by atoms with Crippen molar-refractivity contribution >= 4 is 23.8 Å². The molecule has 2 unspecified atom stereocenters. The number of hydrogen-bond acceptors (Lipinski definition) is 5. The van der Waals surface area contributed by atoms with Gasteiger partial charge in [0, 0.05) is 12.7 Å². The molecule has 0 fully saturated rings. The first-order chi connectivity index (χ1) is 16.7. The minimum Gasteiger partial charge on any atom is -0.377 e. The lowest BCUT2D eigenvalue weighted by atomic mass is 9.95. The predicted molar refractivity (Wildman–Crippen MR) is 138 cm³/mol. The zero-order valence-corrected chi connectivity index (χ0v) is 21.0. The van der Waals surface area contributed by atoms with Crippen molar-refractivity contribution in [1.29, 1.82) is 0 Å².